The molecule has 7 N–H and O–H groups in total. The van der Waals surface area contributed by atoms with E-state index in [-0.39, 0.29) is 6.54 Å². The van der Waals surface area contributed by atoms with Crippen LogP contribution in [-0.2, 0) is 9.47 Å². The molecule has 0 spiro atoms. The molecule has 3 heterocycles. The minimum Gasteiger partial charge on any atom is -0.394 e. The number of nitrogens with zero attached hydrogens (tertiary/aromatic N) is 1. The molecule has 3 aliphatic heterocycles. The Morgan fingerprint density at radius 3 is 2.29 bits per heavy atom. The van der Waals surface area contributed by atoms with Crippen LogP contribution in [0.5, 0.6) is 0 Å². The van der Waals surface area contributed by atoms with Crippen molar-refractivity contribution < 1.29 is 45.2 Å². The van der Waals surface area contributed by atoms with Crippen molar-refractivity contribution in [3.63, 3.8) is 0 Å². The standard InChI is InChI=1S/C14H25NO9/c16-4-7-10(20)11(21)12(22)14(23-7)24-13-8-5(17)1-2-15(8)3-6(18)9(13)19/h5-14,16-22H,1-4H2/t5-,6-,7+,8+,9+,10+,11-,12+,13+,14-/m0/s1. The van der Waals surface area contributed by atoms with Crippen LogP contribution in [0.25, 0.3) is 0 Å². The molecule has 24 heavy (non-hydrogen) atoms. The number of aliphatic hydroxyl groups excluding tert-OH is 7. The molecule has 3 saturated heterocycles. The van der Waals surface area contributed by atoms with Crippen molar-refractivity contribution in [2.24, 2.45) is 0 Å². The molecule has 0 unspecified atom stereocenters. The maximum absolute atomic E-state index is 10.2. The monoisotopic (exact) mass is 351 g/mol. The molecule has 3 aliphatic rings. The lowest BCUT2D eigenvalue weighted by Crippen LogP contribution is -2.66. The van der Waals surface area contributed by atoms with Crippen LogP contribution < -0.4 is 0 Å². The van der Waals surface area contributed by atoms with Gasteiger partial charge in [0.1, 0.15) is 36.6 Å². The van der Waals surface area contributed by atoms with Gasteiger partial charge in [-0.25, -0.2) is 0 Å². The third kappa shape index (κ3) is 3.07. The summed E-state index contributed by atoms with van der Waals surface area (Å²) in [6.45, 7) is 0.125. The molecule has 3 rings (SSSR count). The van der Waals surface area contributed by atoms with Crippen molar-refractivity contribution in [1.82, 2.24) is 4.90 Å². The van der Waals surface area contributed by atoms with Crippen LogP contribution in [0.3, 0.4) is 0 Å². The first-order valence-corrected chi connectivity index (χ1v) is 8.09. The van der Waals surface area contributed by atoms with Gasteiger partial charge in [0.25, 0.3) is 0 Å². The third-order valence-corrected chi connectivity index (χ3v) is 5.16. The second-order valence-electron chi connectivity index (χ2n) is 6.70. The van der Waals surface area contributed by atoms with E-state index >= 15 is 0 Å². The van der Waals surface area contributed by atoms with Crippen molar-refractivity contribution in [2.45, 2.75) is 67.6 Å². The Hall–Kier alpha value is -0.400. The van der Waals surface area contributed by atoms with Crippen LogP contribution >= 0.6 is 0 Å². The third-order valence-electron chi connectivity index (χ3n) is 5.16. The van der Waals surface area contributed by atoms with Crippen molar-refractivity contribution in [2.75, 3.05) is 19.7 Å². The average Bonchev–Trinajstić information content (AvgIpc) is 2.92. The zero-order chi connectivity index (χ0) is 17.6. The van der Waals surface area contributed by atoms with E-state index in [1.54, 1.807) is 4.90 Å². The summed E-state index contributed by atoms with van der Waals surface area (Å²) in [6.07, 6.45) is -11.1. The molecular weight excluding hydrogens is 326 g/mol. The second-order valence-corrected chi connectivity index (χ2v) is 6.70. The summed E-state index contributed by atoms with van der Waals surface area (Å²) in [5.41, 5.74) is 0. The summed E-state index contributed by atoms with van der Waals surface area (Å²) in [5, 5.41) is 69.2. The quantitative estimate of drug-likeness (QED) is 0.263. The number of ether oxygens (including phenoxy) is 2. The number of rotatable bonds is 3. The topological polar surface area (TPSA) is 163 Å². The maximum Gasteiger partial charge on any atom is 0.187 e. The average molecular weight is 351 g/mol. The highest BCUT2D eigenvalue weighted by Gasteiger charge is 2.52. The molecule has 0 saturated carbocycles. The normalized spacial score (nSPS) is 53.1. The lowest BCUT2D eigenvalue weighted by Gasteiger charge is -2.47. The van der Waals surface area contributed by atoms with Gasteiger partial charge < -0.3 is 45.2 Å². The Morgan fingerprint density at radius 2 is 1.62 bits per heavy atom. The maximum atomic E-state index is 10.2. The highest BCUT2D eigenvalue weighted by atomic mass is 16.7. The summed E-state index contributed by atoms with van der Waals surface area (Å²) in [4.78, 5) is 1.79. The highest BCUT2D eigenvalue weighted by molar-refractivity contribution is 5.03. The fourth-order valence-electron chi connectivity index (χ4n) is 3.77. The Bertz CT molecular complexity index is 438. The van der Waals surface area contributed by atoms with Crippen molar-refractivity contribution in [1.29, 1.82) is 0 Å². The van der Waals surface area contributed by atoms with Crippen LogP contribution in [0.15, 0.2) is 0 Å². The summed E-state index contributed by atoms with van der Waals surface area (Å²) in [5.74, 6) is 0. The lowest BCUT2D eigenvalue weighted by atomic mass is 9.92. The SMILES string of the molecule is OC[C@H]1O[C@@H](O[C@H]2[C@H](O)[C@@H](O)CN3CC[C@H](O)[C@H]23)[C@H](O)[C@@H](O)[C@@H]1O. The Labute approximate surface area is 138 Å². The van der Waals surface area contributed by atoms with E-state index < -0.39 is 67.8 Å². The van der Waals surface area contributed by atoms with Gasteiger partial charge in [-0.15, -0.1) is 0 Å². The summed E-state index contributed by atoms with van der Waals surface area (Å²) < 4.78 is 10.9. The predicted octanol–water partition coefficient (Wildman–Crippen LogP) is -4.66. The molecule has 0 aromatic heterocycles. The number of aliphatic hydroxyl groups is 7. The predicted molar refractivity (Wildman–Crippen MR) is 76.6 cm³/mol. The zero-order valence-electron chi connectivity index (χ0n) is 13.0. The number of hydrogen-bond acceptors (Lipinski definition) is 10. The number of piperidine rings is 1. The van der Waals surface area contributed by atoms with Crippen LogP contribution in [0, 0.1) is 0 Å². The lowest BCUT2D eigenvalue weighted by molar-refractivity contribution is -0.328. The van der Waals surface area contributed by atoms with Gasteiger partial charge in [0, 0.05) is 13.1 Å². The van der Waals surface area contributed by atoms with Crippen LogP contribution in [0.2, 0.25) is 0 Å². The smallest absolute Gasteiger partial charge is 0.187 e. The molecule has 0 radical (unpaired) electrons. The van der Waals surface area contributed by atoms with E-state index in [9.17, 15) is 35.7 Å². The molecule has 0 aliphatic carbocycles. The first-order valence-electron chi connectivity index (χ1n) is 8.09. The van der Waals surface area contributed by atoms with Crippen molar-refractivity contribution in [3.05, 3.63) is 0 Å². The van der Waals surface area contributed by atoms with Gasteiger partial charge in [0.2, 0.25) is 0 Å². The van der Waals surface area contributed by atoms with Crippen LogP contribution in [0.1, 0.15) is 6.42 Å². The first kappa shape index (κ1) is 18.4. The Balaban J connectivity index is 1.77. The van der Waals surface area contributed by atoms with Crippen LogP contribution in [0.4, 0.5) is 0 Å². The van der Waals surface area contributed by atoms with E-state index in [1.807, 2.05) is 0 Å². The first-order chi connectivity index (χ1) is 11.3. The molecule has 0 aromatic carbocycles. The molecule has 10 heteroatoms. The summed E-state index contributed by atoms with van der Waals surface area (Å²) >= 11 is 0. The molecule has 3 fully saturated rings. The minimum absolute atomic E-state index is 0.192. The fourth-order valence-corrected chi connectivity index (χ4v) is 3.77. The van der Waals surface area contributed by atoms with Gasteiger partial charge in [0.05, 0.1) is 24.9 Å². The second kappa shape index (κ2) is 7.08. The number of hydrogen-bond donors (Lipinski definition) is 7. The largest absolute Gasteiger partial charge is 0.394 e. The van der Waals surface area contributed by atoms with E-state index in [4.69, 9.17) is 9.47 Å². The fraction of sp³-hybridized carbons (Fsp3) is 1.00. The van der Waals surface area contributed by atoms with Gasteiger partial charge in [-0.1, -0.05) is 0 Å². The van der Waals surface area contributed by atoms with Gasteiger partial charge in [-0.05, 0) is 6.42 Å². The van der Waals surface area contributed by atoms with Gasteiger partial charge >= 0.3 is 0 Å². The molecule has 140 valence electrons. The molecule has 0 aromatic rings. The molecule has 10 nitrogen and oxygen atoms in total. The van der Waals surface area contributed by atoms with Crippen molar-refractivity contribution in [3.8, 4) is 0 Å². The van der Waals surface area contributed by atoms with E-state index in [0.29, 0.717) is 13.0 Å². The van der Waals surface area contributed by atoms with E-state index in [1.165, 1.54) is 0 Å². The van der Waals surface area contributed by atoms with Gasteiger partial charge in [-0.2, -0.15) is 0 Å². The Kier molecular flexibility index (Phi) is 5.42. The zero-order valence-corrected chi connectivity index (χ0v) is 13.0. The summed E-state index contributed by atoms with van der Waals surface area (Å²) in [6, 6.07) is -0.587. The number of fused-ring (bicyclic) bond motifs is 1. The van der Waals surface area contributed by atoms with Crippen LogP contribution in [-0.4, -0.2) is 122 Å². The van der Waals surface area contributed by atoms with Gasteiger partial charge in [-0.3, -0.25) is 4.90 Å². The van der Waals surface area contributed by atoms with Crippen molar-refractivity contribution >= 4 is 0 Å². The van der Waals surface area contributed by atoms with E-state index in [0.717, 1.165) is 0 Å². The summed E-state index contributed by atoms with van der Waals surface area (Å²) in [7, 11) is 0. The molecule has 0 amide bonds. The Morgan fingerprint density at radius 1 is 0.917 bits per heavy atom. The molecule has 10 atom stereocenters. The van der Waals surface area contributed by atoms with E-state index in [2.05, 4.69) is 0 Å². The van der Waals surface area contributed by atoms with Gasteiger partial charge in [0.15, 0.2) is 6.29 Å². The minimum atomic E-state index is -1.61. The molecule has 0 bridgehead atoms. The highest BCUT2D eigenvalue weighted by Crippen LogP contribution is 2.33. The molecular formula is C14H25NO9.